The number of nitrogens with zero attached hydrogens (tertiary/aromatic N) is 1. The summed E-state index contributed by atoms with van der Waals surface area (Å²) in [6.45, 7) is 1.76. The molecule has 0 amide bonds. The van der Waals surface area contributed by atoms with E-state index in [0.29, 0.717) is 0 Å². The van der Waals surface area contributed by atoms with Gasteiger partial charge < -0.3 is 5.11 Å². The molecule has 0 radical (unpaired) electrons. The minimum atomic E-state index is -0.422. The van der Waals surface area contributed by atoms with Crippen molar-refractivity contribution in [1.29, 1.82) is 0 Å². The van der Waals surface area contributed by atoms with E-state index in [2.05, 4.69) is 33.0 Å². The fourth-order valence-electron chi connectivity index (χ4n) is 1.42. The molecule has 4 heteroatoms. The van der Waals surface area contributed by atoms with Crippen LogP contribution in [-0.4, -0.2) is 10.1 Å². The first kappa shape index (κ1) is 11.8. The number of hydrogen-bond donors (Lipinski definition) is 1. The van der Waals surface area contributed by atoms with E-state index in [9.17, 15) is 5.11 Å². The van der Waals surface area contributed by atoms with E-state index in [1.165, 1.54) is 5.56 Å². The van der Waals surface area contributed by atoms with Gasteiger partial charge in [-0.3, -0.25) is 0 Å². The second-order valence-corrected chi connectivity index (χ2v) is 5.70. The number of aromatic nitrogens is 1. The molecule has 0 spiro atoms. The average Bonchev–Trinajstić information content (AvgIpc) is 2.66. The van der Waals surface area contributed by atoms with Crippen molar-refractivity contribution in [3.63, 3.8) is 0 Å². The Balaban J connectivity index is 2.14. The molecule has 16 heavy (non-hydrogen) atoms. The second kappa shape index (κ2) is 5.08. The van der Waals surface area contributed by atoms with Crippen LogP contribution in [0.4, 0.5) is 0 Å². The standard InChI is InChI=1S/C12H12BrNOS/c1-8(15)11-7-14-12(16-11)6-9-3-2-4-10(13)5-9/h2-5,7-8,15H,6H2,1H3. The van der Waals surface area contributed by atoms with Crippen molar-refractivity contribution in [3.8, 4) is 0 Å². The van der Waals surface area contributed by atoms with Crippen LogP contribution in [0.25, 0.3) is 0 Å². The van der Waals surface area contributed by atoms with Gasteiger partial charge in [0.05, 0.1) is 16.0 Å². The normalized spacial score (nSPS) is 12.7. The van der Waals surface area contributed by atoms with E-state index in [1.807, 2.05) is 12.1 Å². The SMILES string of the molecule is CC(O)c1cnc(Cc2cccc(Br)c2)s1. The van der Waals surface area contributed by atoms with Gasteiger partial charge in [-0.1, -0.05) is 28.1 Å². The molecule has 0 fully saturated rings. The number of benzene rings is 1. The van der Waals surface area contributed by atoms with Crippen LogP contribution in [0.1, 0.15) is 28.5 Å². The Kier molecular flexibility index (Phi) is 3.74. The van der Waals surface area contributed by atoms with Crippen LogP contribution < -0.4 is 0 Å². The number of rotatable bonds is 3. The summed E-state index contributed by atoms with van der Waals surface area (Å²) in [6, 6.07) is 8.19. The fourth-order valence-corrected chi connectivity index (χ4v) is 2.76. The summed E-state index contributed by atoms with van der Waals surface area (Å²) < 4.78 is 1.08. The number of halogens is 1. The highest BCUT2D eigenvalue weighted by Gasteiger charge is 2.07. The molecule has 1 aromatic heterocycles. The molecule has 2 rings (SSSR count). The van der Waals surface area contributed by atoms with Gasteiger partial charge in [0.2, 0.25) is 0 Å². The van der Waals surface area contributed by atoms with Crippen molar-refractivity contribution in [1.82, 2.24) is 4.98 Å². The van der Waals surface area contributed by atoms with E-state index < -0.39 is 6.10 Å². The Morgan fingerprint density at radius 1 is 1.50 bits per heavy atom. The number of aliphatic hydroxyl groups excluding tert-OH is 1. The number of thiazole rings is 1. The van der Waals surface area contributed by atoms with Gasteiger partial charge in [-0.15, -0.1) is 11.3 Å². The maximum Gasteiger partial charge on any atom is 0.0972 e. The highest BCUT2D eigenvalue weighted by Crippen LogP contribution is 2.23. The van der Waals surface area contributed by atoms with Crippen molar-refractivity contribution >= 4 is 27.3 Å². The van der Waals surface area contributed by atoms with Crippen LogP contribution in [-0.2, 0) is 6.42 Å². The summed E-state index contributed by atoms with van der Waals surface area (Å²) in [4.78, 5) is 5.23. The zero-order valence-corrected chi connectivity index (χ0v) is 11.3. The molecule has 1 aromatic carbocycles. The number of aliphatic hydroxyl groups is 1. The third-order valence-corrected chi connectivity index (χ3v) is 3.89. The Morgan fingerprint density at radius 2 is 2.31 bits per heavy atom. The molecule has 1 heterocycles. The van der Waals surface area contributed by atoms with E-state index >= 15 is 0 Å². The Labute approximate surface area is 107 Å². The molecule has 0 saturated carbocycles. The van der Waals surface area contributed by atoms with Gasteiger partial charge in [0.15, 0.2) is 0 Å². The van der Waals surface area contributed by atoms with Crippen molar-refractivity contribution in [2.24, 2.45) is 0 Å². The summed E-state index contributed by atoms with van der Waals surface area (Å²) in [6.07, 6.45) is 2.15. The lowest BCUT2D eigenvalue weighted by Crippen LogP contribution is -1.86. The average molecular weight is 298 g/mol. The lowest BCUT2D eigenvalue weighted by molar-refractivity contribution is 0.203. The van der Waals surface area contributed by atoms with Crippen molar-refractivity contribution in [3.05, 3.63) is 50.4 Å². The predicted molar refractivity (Wildman–Crippen MR) is 69.7 cm³/mol. The van der Waals surface area contributed by atoms with Crippen molar-refractivity contribution < 1.29 is 5.11 Å². The van der Waals surface area contributed by atoms with E-state index in [0.717, 1.165) is 20.8 Å². The minimum absolute atomic E-state index is 0.422. The molecule has 1 unspecified atom stereocenters. The molecule has 0 saturated heterocycles. The summed E-state index contributed by atoms with van der Waals surface area (Å²) in [5.74, 6) is 0. The van der Waals surface area contributed by atoms with Gasteiger partial charge in [0.25, 0.3) is 0 Å². The van der Waals surface area contributed by atoms with E-state index in [-0.39, 0.29) is 0 Å². The monoisotopic (exact) mass is 297 g/mol. The quantitative estimate of drug-likeness (QED) is 0.940. The third-order valence-electron chi connectivity index (χ3n) is 2.23. The zero-order chi connectivity index (χ0) is 11.5. The second-order valence-electron chi connectivity index (χ2n) is 3.64. The van der Waals surface area contributed by atoms with E-state index in [4.69, 9.17) is 0 Å². The molecule has 2 nitrogen and oxygen atoms in total. The topological polar surface area (TPSA) is 33.1 Å². The third kappa shape index (κ3) is 2.90. The van der Waals surface area contributed by atoms with Crippen LogP contribution in [0.5, 0.6) is 0 Å². The molecule has 1 atom stereocenters. The van der Waals surface area contributed by atoms with Crippen LogP contribution in [0.2, 0.25) is 0 Å². The molecule has 0 aliphatic heterocycles. The van der Waals surface area contributed by atoms with Crippen LogP contribution >= 0.6 is 27.3 Å². The van der Waals surface area contributed by atoms with E-state index in [1.54, 1.807) is 24.5 Å². The fraction of sp³-hybridized carbons (Fsp3) is 0.250. The maximum atomic E-state index is 9.41. The molecule has 1 N–H and O–H groups in total. The highest BCUT2D eigenvalue weighted by molar-refractivity contribution is 9.10. The minimum Gasteiger partial charge on any atom is -0.388 e. The smallest absolute Gasteiger partial charge is 0.0972 e. The van der Waals surface area contributed by atoms with Gasteiger partial charge in [0, 0.05) is 17.1 Å². The predicted octanol–water partition coefficient (Wildman–Crippen LogP) is 3.55. The Morgan fingerprint density at radius 3 is 2.94 bits per heavy atom. The van der Waals surface area contributed by atoms with Gasteiger partial charge >= 0.3 is 0 Å². The lowest BCUT2D eigenvalue weighted by Gasteiger charge is -1.99. The zero-order valence-electron chi connectivity index (χ0n) is 8.85. The summed E-state index contributed by atoms with van der Waals surface area (Å²) in [5.41, 5.74) is 1.22. The first-order valence-electron chi connectivity index (χ1n) is 5.02. The van der Waals surface area contributed by atoms with Crippen LogP contribution in [0, 0.1) is 0 Å². The maximum absolute atomic E-state index is 9.41. The first-order valence-corrected chi connectivity index (χ1v) is 6.63. The van der Waals surface area contributed by atoms with Crippen molar-refractivity contribution in [2.75, 3.05) is 0 Å². The molecule has 84 valence electrons. The number of hydrogen-bond acceptors (Lipinski definition) is 3. The van der Waals surface area contributed by atoms with Gasteiger partial charge in [-0.05, 0) is 24.6 Å². The molecule has 0 aliphatic carbocycles. The van der Waals surface area contributed by atoms with Gasteiger partial charge in [-0.2, -0.15) is 0 Å². The summed E-state index contributed by atoms with van der Waals surface area (Å²) in [7, 11) is 0. The molecular weight excluding hydrogens is 286 g/mol. The summed E-state index contributed by atoms with van der Waals surface area (Å²) >= 11 is 5.01. The molecule has 0 bridgehead atoms. The van der Waals surface area contributed by atoms with Crippen LogP contribution in [0.15, 0.2) is 34.9 Å². The van der Waals surface area contributed by atoms with Crippen LogP contribution in [0.3, 0.4) is 0 Å². The molecular formula is C12H12BrNOS. The first-order chi connectivity index (χ1) is 7.65. The molecule has 0 aliphatic rings. The summed E-state index contributed by atoms with van der Waals surface area (Å²) in [5, 5.41) is 10.4. The Bertz CT molecular complexity index is 481. The lowest BCUT2D eigenvalue weighted by atomic mass is 10.2. The largest absolute Gasteiger partial charge is 0.388 e. The molecule has 2 aromatic rings. The highest BCUT2D eigenvalue weighted by atomic mass is 79.9. The Hall–Kier alpha value is -0.710. The van der Waals surface area contributed by atoms with Gasteiger partial charge in [-0.25, -0.2) is 4.98 Å². The van der Waals surface area contributed by atoms with Gasteiger partial charge in [0.1, 0.15) is 0 Å². The van der Waals surface area contributed by atoms with Crippen molar-refractivity contribution in [2.45, 2.75) is 19.4 Å².